The van der Waals surface area contributed by atoms with Gasteiger partial charge in [0.1, 0.15) is 5.75 Å². The van der Waals surface area contributed by atoms with E-state index in [9.17, 15) is 19.8 Å². The molecule has 214 valence electrons. The maximum Gasteiger partial charge on any atom is 0.345 e. The lowest BCUT2D eigenvalue weighted by molar-refractivity contribution is 0.0691. The Morgan fingerprint density at radius 1 is 1.07 bits per heavy atom. The molecule has 41 heavy (non-hydrogen) atoms. The first-order valence-electron chi connectivity index (χ1n) is 14.5. The van der Waals surface area contributed by atoms with Crippen LogP contribution in [-0.2, 0) is 26.6 Å². The summed E-state index contributed by atoms with van der Waals surface area (Å²) < 4.78 is 2.23. The molecule has 6 rings (SSSR count). The van der Waals surface area contributed by atoms with Gasteiger partial charge < -0.3 is 19.8 Å². The SMILES string of the molecule is CCc1c(-c2ccc3c(c2)cc(CN2C[C@H]4C[C@@H](N(C)Cc5ccccc5)C[C@H]4C2)n3C)[nH]c(=O)c(C(=O)O)c1O. The van der Waals surface area contributed by atoms with Crippen LogP contribution in [0.1, 0.15) is 46.9 Å². The molecule has 3 N–H and O–H groups in total. The lowest BCUT2D eigenvalue weighted by Crippen LogP contribution is -2.31. The van der Waals surface area contributed by atoms with Gasteiger partial charge in [-0.3, -0.25) is 14.6 Å². The summed E-state index contributed by atoms with van der Waals surface area (Å²) in [4.78, 5) is 31.8. The Labute approximate surface area is 239 Å². The minimum atomic E-state index is -1.44. The fraction of sp³-hybridized carbons (Fsp3) is 0.394. The van der Waals surface area contributed by atoms with Crippen LogP contribution in [0.15, 0.2) is 59.4 Å². The number of hydrogen-bond acceptors (Lipinski definition) is 5. The summed E-state index contributed by atoms with van der Waals surface area (Å²) in [5.74, 6) is -0.412. The minimum Gasteiger partial charge on any atom is -0.506 e. The number of aromatic amines is 1. The van der Waals surface area contributed by atoms with Crippen LogP contribution >= 0.6 is 0 Å². The minimum absolute atomic E-state index is 0.385. The molecule has 1 saturated heterocycles. The van der Waals surface area contributed by atoms with Crippen molar-refractivity contribution in [1.29, 1.82) is 0 Å². The van der Waals surface area contributed by atoms with E-state index in [1.165, 1.54) is 24.1 Å². The average molecular weight is 555 g/mol. The third-order valence-corrected chi connectivity index (χ3v) is 9.37. The van der Waals surface area contributed by atoms with E-state index >= 15 is 0 Å². The number of likely N-dealkylation sites (tertiary alicyclic amines) is 1. The molecule has 0 amide bonds. The van der Waals surface area contributed by atoms with Gasteiger partial charge in [-0.05, 0) is 67.5 Å². The second kappa shape index (κ2) is 10.8. The molecular weight excluding hydrogens is 516 g/mol. The smallest absolute Gasteiger partial charge is 0.345 e. The summed E-state index contributed by atoms with van der Waals surface area (Å²) >= 11 is 0. The molecule has 3 atom stereocenters. The highest BCUT2D eigenvalue weighted by Crippen LogP contribution is 2.41. The molecular formula is C33H38N4O4. The number of aromatic hydroxyl groups is 1. The number of nitrogens with zero attached hydrogens (tertiary/aromatic N) is 3. The molecule has 1 aliphatic heterocycles. The monoisotopic (exact) mass is 554 g/mol. The number of nitrogens with one attached hydrogen (secondary N) is 1. The summed E-state index contributed by atoms with van der Waals surface area (Å²) in [5.41, 5.74) is 3.93. The zero-order chi connectivity index (χ0) is 28.8. The van der Waals surface area contributed by atoms with Gasteiger partial charge in [0.2, 0.25) is 0 Å². The topological polar surface area (TPSA) is 102 Å². The highest BCUT2D eigenvalue weighted by atomic mass is 16.4. The number of aromatic carboxylic acids is 1. The van der Waals surface area contributed by atoms with Crippen LogP contribution in [0, 0.1) is 11.8 Å². The van der Waals surface area contributed by atoms with Crippen LogP contribution in [0.2, 0.25) is 0 Å². The van der Waals surface area contributed by atoms with E-state index in [0.29, 0.717) is 23.7 Å². The van der Waals surface area contributed by atoms with Gasteiger partial charge in [-0.25, -0.2) is 4.79 Å². The maximum absolute atomic E-state index is 12.5. The molecule has 1 saturated carbocycles. The number of rotatable bonds is 8. The van der Waals surface area contributed by atoms with Gasteiger partial charge in [-0.2, -0.15) is 0 Å². The molecule has 1 aliphatic carbocycles. The first-order valence-corrected chi connectivity index (χ1v) is 14.5. The second-order valence-corrected chi connectivity index (χ2v) is 11.9. The quantitative estimate of drug-likeness (QED) is 0.288. The van der Waals surface area contributed by atoms with Crippen LogP contribution < -0.4 is 5.56 Å². The van der Waals surface area contributed by atoms with Crippen molar-refractivity contribution in [3.8, 4) is 17.0 Å². The molecule has 3 heterocycles. The van der Waals surface area contributed by atoms with Gasteiger partial charge in [-0.15, -0.1) is 0 Å². The zero-order valence-corrected chi connectivity index (χ0v) is 23.9. The summed E-state index contributed by atoms with van der Waals surface area (Å²) in [6.45, 7) is 5.98. The first-order chi connectivity index (χ1) is 19.7. The van der Waals surface area contributed by atoms with Crippen molar-refractivity contribution in [2.24, 2.45) is 18.9 Å². The predicted octanol–water partition coefficient (Wildman–Crippen LogP) is 4.84. The number of carbonyl (C=O) groups is 1. The lowest BCUT2D eigenvalue weighted by Gasteiger charge is -2.26. The number of carboxylic acids is 1. The Morgan fingerprint density at radius 2 is 1.78 bits per heavy atom. The van der Waals surface area contributed by atoms with Gasteiger partial charge in [0, 0.05) is 61.4 Å². The van der Waals surface area contributed by atoms with Gasteiger partial charge in [0.25, 0.3) is 5.56 Å². The first kappa shape index (κ1) is 27.3. The number of pyridine rings is 1. The maximum atomic E-state index is 12.5. The summed E-state index contributed by atoms with van der Waals surface area (Å²) in [6, 6.07) is 19.5. The van der Waals surface area contributed by atoms with Crippen molar-refractivity contribution in [2.75, 3.05) is 20.1 Å². The normalized spacial score (nSPS) is 20.7. The summed E-state index contributed by atoms with van der Waals surface area (Å²) in [5, 5.41) is 21.0. The van der Waals surface area contributed by atoms with Gasteiger partial charge in [0.15, 0.2) is 5.56 Å². The van der Waals surface area contributed by atoms with E-state index < -0.39 is 22.8 Å². The summed E-state index contributed by atoms with van der Waals surface area (Å²) in [7, 11) is 4.36. The standard InChI is InChI=1S/C33H38N4O4/c1-4-27-30(34-32(39)29(31(27)38)33(40)41)21-10-11-28-22(12-21)13-26(36(28)3)19-37-17-23-14-25(15-24(23)18-37)35(2)16-20-8-6-5-7-9-20/h5-13,23-25H,4,14-19H2,1-3H3,(H,40,41)(H2,34,38,39)/t23-,24+,25-. The lowest BCUT2D eigenvalue weighted by atomic mass is 9.99. The molecule has 8 heteroatoms. The molecule has 0 unspecified atom stereocenters. The molecule has 2 aliphatic rings. The largest absolute Gasteiger partial charge is 0.506 e. The molecule has 4 aromatic rings. The van der Waals surface area contributed by atoms with E-state index in [1.807, 2.05) is 25.1 Å². The zero-order valence-electron chi connectivity index (χ0n) is 23.9. The highest BCUT2D eigenvalue weighted by molar-refractivity contribution is 5.92. The number of aryl methyl sites for hydroxylation is 1. The third-order valence-electron chi connectivity index (χ3n) is 9.37. The van der Waals surface area contributed by atoms with E-state index in [1.54, 1.807) is 0 Å². The van der Waals surface area contributed by atoms with Gasteiger partial charge in [0.05, 0.1) is 5.69 Å². The Kier molecular flexibility index (Phi) is 7.21. The van der Waals surface area contributed by atoms with Crippen molar-refractivity contribution in [1.82, 2.24) is 19.4 Å². The Bertz CT molecular complexity index is 1640. The van der Waals surface area contributed by atoms with Crippen molar-refractivity contribution in [3.63, 3.8) is 0 Å². The second-order valence-electron chi connectivity index (χ2n) is 11.9. The van der Waals surface area contributed by atoms with Crippen molar-refractivity contribution in [2.45, 2.75) is 45.3 Å². The van der Waals surface area contributed by atoms with Crippen LogP contribution in [-0.4, -0.2) is 61.7 Å². The number of carboxylic acid groups (broad SMARTS) is 1. The molecule has 0 radical (unpaired) electrons. The molecule has 2 fully saturated rings. The van der Waals surface area contributed by atoms with E-state index in [4.69, 9.17) is 0 Å². The molecule has 2 aromatic heterocycles. The predicted molar refractivity (Wildman–Crippen MR) is 160 cm³/mol. The summed E-state index contributed by atoms with van der Waals surface area (Å²) in [6.07, 6.45) is 2.90. The number of H-pyrrole nitrogens is 1. The number of fused-ring (bicyclic) bond motifs is 2. The average Bonchev–Trinajstić information content (AvgIpc) is 3.60. The Balaban J connectivity index is 1.16. The number of benzene rings is 2. The van der Waals surface area contributed by atoms with Crippen LogP contribution in [0.25, 0.3) is 22.2 Å². The Hall–Kier alpha value is -3.88. The fourth-order valence-corrected chi connectivity index (χ4v) is 7.21. The fourth-order valence-electron chi connectivity index (χ4n) is 7.21. The number of aromatic nitrogens is 2. The van der Waals surface area contributed by atoms with Crippen LogP contribution in [0.3, 0.4) is 0 Å². The van der Waals surface area contributed by atoms with Gasteiger partial charge >= 0.3 is 5.97 Å². The Morgan fingerprint density at radius 3 is 2.44 bits per heavy atom. The highest BCUT2D eigenvalue weighted by Gasteiger charge is 2.42. The van der Waals surface area contributed by atoms with Crippen LogP contribution in [0.5, 0.6) is 5.75 Å². The van der Waals surface area contributed by atoms with Gasteiger partial charge in [-0.1, -0.05) is 43.3 Å². The third kappa shape index (κ3) is 5.06. The van der Waals surface area contributed by atoms with Crippen molar-refractivity contribution < 1.29 is 15.0 Å². The van der Waals surface area contributed by atoms with Crippen molar-refractivity contribution >= 4 is 16.9 Å². The van der Waals surface area contributed by atoms with E-state index in [0.717, 1.165) is 54.5 Å². The molecule has 2 aromatic carbocycles. The molecule has 8 nitrogen and oxygen atoms in total. The van der Waals surface area contributed by atoms with Crippen LogP contribution in [0.4, 0.5) is 0 Å². The van der Waals surface area contributed by atoms with E-state index in [-0.39, 0.29) is 0 Å². The molecule has 0 spiro atoms. The number of hydrogen-bond donors (Lipinski definition) is 3. The molecule has 0 bridgehead atoms. The van der Waals surface area contributed by atoms with Crippen molar-refractivity contribution in [3.05, 3.63) is 87.3 Å². The van der Waals surface area contributed by atoms with E-state index in [2.05, 4.69) is 69.8 Å².